The second-order valence-electron chi connectivity index (χ2n) is 10.8. The van der Waals surface area contributed by atoms with Crippen LogP contribution in [0.1, 0.15) is 52.9 Å². The van der Waals surface area contributed by atoms with Gasteiger partial charge >= 0.3 is 6.09 Å². The first-order valence-corrected chi connectivity index (χ1v) is 13.5. The second kappa shape index (κ2) is 12.8. The summed E-state index contributed by atoms with van der Waals surface area (Å²) in [5, 5.41) is 2.78. The molecule has 2 saturated heterocycles. The number of nitrogen functional groups attached to an aromatic ring is 1. The van der Waals surface area contributed by atoms with Gasteiger partial charge in [0.2, 0.25) is 0 Å². The highest BCUT2D eigenvalue weighted by Crippen LogP contribution is 2.38. The van der Waals surface area contributed by atoms with Gasteiger partial charge in [0, 0.05) is 30.9 Å². The number of anilines is 3. The summed E-state index contributed by atoms with van der Waals surface area (Å²) in [6.07, 6.45) is 4.36. The molecule has 38 heavy (non-hydrogen) atoms. The molecule has 2 fully saturated rings. The summed E-state index contributed by atoms with van der Waals surface area (Å²) < 4.78 is 36.5. The zero-order chi connectivity index (χ0) is 27.1. The number of piperidine rings is 1. The van der Waals surface area contributed by atoms with E-state index in [1.165, 1.54) is 12.1 Å². The predicted octanol–water partition coefficient (Wildman–Crippen LogP) is 5.95. The van der Waals surface area contributed by atoms with E-state index in [9.17, 15) is 9.18 Å². The second-order valence-corrected chi connectivity index (χ2v) is 10.8. The van der Waals surface area contributed by atoms with Crippen LogP contribution >= 0.6 is 0 Å². The van der Waals surface area contributed by atoms with Crippen LogP contribution in [0.3, 0.4) is 0 Å². The maximum Gasteiger partial charge on any atom is 0.412 e. The highest BCUT2D eigenvalue weighted by molar-refractivity contribution is 5.94. The molecule has 0 radical (unpaired) electrons. The molecular weight excluding hydrogens is 489 g/mol. The molecule has 0 aliphatic carbocycles. The molecule has 0 spiro atoms. The average Bonchev–Trinajstić information content (AvgIpc) is 2.88. The van der Waals surface area contributed by atoms with Crippen molar-refractivity contribution in [2.75, 3.05) is 48.9 Å². The van der Waals surface area contributed by atoms with Crippen molar-refractivity contribution < 1.29 is 28.1 Å². The van der Waals surface area contributed by atoms with Crippen molar-refractivity contribution in [1.82, 2.24) is 0 Å². The number of halogens is 1. The standard InChI is InChI=1S/C29H40FN3O5/c1-29(2,3)38-28(34)32-25-19-26(23(18-24(25)31)20-7-9-21(30)10-8-20)33-13-11-22(12-14-33)35-16-17-37-27-6-4-5-15-36-27/h7-10,18-19,22,27H,4-6,11-17,31H2,1-3H3,(H,32,34). The molecule has 4 rings (SSSR count). The van der Waals surface area contributed by atoms with Gasteiger partial charge in [0.25, 0.3) is 0 Å². The first-order chi connectivity index (χ1) is 18.2. The minimum atomic E-state index is -0.633. The lowest BCUT2D eigenvalue weighted by Crippen LogP contribution is -2.38. The first kappa shape index (κ1) is 28.1. The van der Waals surface area contributed by atoms with E-state index in [1.54, 1.807) is 32.9 Å². The van der Waals surface area contributed by atoms with E-state index in [0.717, 1.165) is 68.6 Å². The molecule has 2 aromatic rings. The summed E-state index contributed by atoms with van der Waals surface area (Å²) in [4.78, 5) is 14.7. The van der Waals surface area contributed by atoms with Crippen LogP contribution < -0.4 is 16.0 Å². The number of nitrogens with zero attached hydrogens (tertiary/aromatic N) is 1. The third kappa shape index (κ3) is 8.06. The Morgan fingerprint density at radius 2 is 1.79 bits per heavy atom. The monoisotopic (exact) mass is 529 g/mol. The third-order valence-corrected chi connectivity index (χ3v) is 6.62. The molecular formula is C29H40FN3O5. The number of nitrogens with two attached hydrogens (primary N) is 1. The van der Waals surface area contributed by atoms with Crippen LogP contribution in [0.5, 0.6) is 0 Å². The van der Waals surface area contributed by atoms with Gasteiger partial charge in [-0.15, -0.1) is 0 Å². The van der Waals surface area contributed by atoms with E-state index in [1.807, 2.05) is 12.1 Å². The van der Waals surface area contributed by atoms with E-state index in [0.29, 0.717) is 24.6 Å². The van der Waals surface area contributed by atoms with Crippen molar-refractivity contribution in [3.05, 3.63) is 42.2 Å². The van der Waals surface area contributed by atoms with E-state index < -0.39 is 11.7 Å². The topological polar surface area (TPSA) is 95.3 Å². The Morgan fingerprint density at radius 3 is 2.45 bits per heavy atom. The Morgan fingerprint density at radius 1 is 1.08 bits per heavy atom. The molecule has 0 aromatic heterocycles. The van der Waals surface area contributed by atoms with Gasteiger partial charge in [0.15, 0.2) is 6.29 Å². The van der Waals surface area contributed by atoms with Crippen LogP contribution in [0.2, 0.25) is 0 Å². The smallest absolute Gasteiger partial charge is 0.412 e. The lowest BCUT2D eigenvalue weighted by Gasteiger charge is -2.35. The fourth-order valence-electron chi connectivity index (χ4n) is 4.75. The molecule has 9 heteroatoms. The summed E-state index contributed by atoms with van der Waals surface area (Å²) in [5.74, 6) is -0.302. The van der Waals surface area contributed by atoms with Crippen LogP contribution in [0.25, 0.3) is 11.1 Å². The Labute approximate surface area is 224 Å². The summed E-state index contributed by atoms with van der Waals surface area (Å²) in [6.45, 7) is 8.78. The SMILES string of the molecule is CC(C)(C)OC(=O)Nc1cc(N2CCC(OCCOC3CCCCO3)CC2)c(-c2ccc(F)cc2)cc1N. The number of nitrogens with one attached hydrogen (secondary N) is 1. The van der Waals surface area contributed by atoms with Gasteiger partial charge in [0.1, 0.15) is 11.4 Å². The molecule has 0 bridgehead atoms. The van der Waals surface area contributed by atoms with Gasteiger partial charge in [-0.05, 0) is 82.7 Å². The summed E-state index contributed by atoms with van der Waals surface area (Å²) >= 11 is 0. The Hall–Kier alpha value is -2.88. The highest BCUT2D eigenvalue weighted by Gasteiger charge is 2.24. The molecule has 2 aliphatic heterocycles. The van der Waals surface area contributed by atoms with Crippen molar-refractivity contribution in [3.63, 3.8) is 0 Å². The van der Waals surface area contributed by atoms with E-state index in [4.69, 9.17) is 24.7 Å². The average molecular weight is 530 g/mol. The zero-order valence-corrected chi connectivity index (χ0v) is 22.6. The van der Waals surface area contributed by atoms with Gasteiger partial charge in [0.05, 0.1) is 30.7 Å². The molecule has 1 amide bonds. The normalized spacial score (nSPS) is 18.8. The van der Waals surface area contributed by atoms with Gasteiger partial charge in [-0.1, -0.05) is 12.1 Å². The van der Waals surface area contributed by atoms with Crippen molar-refractivity contribution in [2.45, 2.75) is 70.9 Å². The highest BCUT2D eigenvalue weighted by atomic mass is 19.1. The summed E-state index contributed by atoms with van der Waals surface area (Å²) in [7, 11) is 0. The number of benzene rings is 2. The lowest BCUT2D eigenvalue weighted by atomic mass is 9.98. The number of hydrogen-bond acceptors (Lipinski definition) is 7. The minimum absolute atomic E-state index is 0.104. The molecule has 3 N–H and O–H groups in total. The Kier molecular flexibility index (Phi) is 9.46. The number of hydrogen-bond donors (Lipinski definition) is 2. The minimum Gasteiger partial charge on any atom is -0.444 e. The van der Waals surface area contributed by atoms with Crippen LogP contribution in [0.15, 0.2) is 36.4 Å². The number of carbonyl (C=O) groups excluding carboxylic acids is 1. The van der Waals surface area contributed by atoms with Gasteiger partial charge < -0.3 is 29.6 Å². The zero-order valence-electron chi connectivity index (χ0n) is 22.6. The van der Waals surface area contributed by atoms with Gasteiger partial charge in [-0.25, -0.2) is 9.18 Å². The molecule has 2 aliphatic rings. The van der Waals surface area contributed by atoms with Crippen molar-refractivity contribution >= 4 is 23.2 Å². The molecule has 0 saturated carbocycles. The fraction of sp³-hybridized carbons (Fsp3) is 0.552. The predicted molar refractivity (Wildman–Crippen MR) is 147 cm³/mol. The number of amides is 1. The molecule has 1 atom stereocenters. The molecule has 8 nitrogen and oxygen atoms in total. The lowest BCUT2D eigenvalue weighted by molar-refractivity contribution is -0.171. The van der Waals surface area contributed by atoms with Crippen LogP contribution in [-0.2, 0) is 18.9 Å². The maximum atomic E-state index is 13.6. The van der Waals surface area contributed by atoms with Crippen molar-refractivity contribution in [1.29, 1.82) is 0 Å². The number of rotatable bonds is 8. The van der Waals surface area contributed by atoms with E-state index >= 15 is 0 Å². The summed E-state index contributed by atoms with van der Waals surface area (Å²) in [5.41, 5.74) is 9.21. The maximum absolute atomic E-state index is 13.6. The van der Waals surface area contributed by atoms with E-state index in [-0.39, 0.29) is 18.2 Å². The van der Waals surface area contributed by atoms with Gasteiger partial charge in [-0.3, -0.25) is 5.32 Å². The quantitative estimate of drug-likeness (QED) is 0.322. The van der Waals surface area contributed by atoms with Gasteiger partial charge in [-0.2, -0.15) is 0 Å². The van der Waals surface area contributed by atoms with Crippen LogP contribution in [0, 0.1) is 5.82 Å². The third-order valence-electron chi connectivity index (χ3n) is 6.62. The molecule has 2 heterocycles. The molecule has 1 unspecified atom stereocenters. The van der Waals surface area contributed by atoms with Crippen LogP contribution in [-0.4, -0.2) is 57.0 Å². The largest absolute Gasteiger partial charge is 0.444 e. The summed E-state index contributed by atoms with van der Waals surface area (Å²) in [6, 6.07) is 10.0. The first-order valence-electron chi connectivity index (χ1n) is 13.5. The van der Waals surface area contributed by atoms with E-state index in [2.05, 4.69) is 10.2 Å². The van der Waals surface area contributed by atoms with Crippen molar-refractivity contribution in [2.24, 2.45) is 0 Å². The fourth-order valence-corrected chi connectivity index (χ4v) is 4.75. The Balaban J connectivity index is 1.42. The Bertz CT molecular complexity index is 1060. The molecule has 208 valence electrons. The van der Waals surface area contributed by atoms with Crippen molar-refractivity contribution in [3.8, 4) is 11.1 Å². The molecule has 2 aromatic carbocycles. The number of ether oxygens (including phenoxy) is 4. The number of carbonyl (C=O) groups is 1. The van der Waals surface area contributed by atoms with Crippen LogP contribution in [0.4, 0.5) is 26.2 Å².